The van der Waals surface area contributed by atoms with Crippen molar-refractivity contribution < 1.29 is 19.1 Å². The van der Waals surface area contributed by atoms with Crippen molar-refractivity contribution in [3.63, 3.8) is 0 Å². The van der Waals surface area contributed by atoms with Gasteiger partial charge < -0.3 is 15.3 Å². The standard InChI is InChI=1S/C21H16FN7O4S/c1-10-2-3-15(23-5-10)19(31)26-11-6-28(7-11)18-14(22)4-12-16(30)13(20(32)33)8-29(17(12)27-18)21-24-9-25-34-21/h2-5,8-9,11H,6-7H2,1H3,(H,26,31)(H,32,33). The molecule has 11 nitrogen and oxygen atoms in total. The third-order valence-electron chi connectivity index (χ3n) is 5.36. The molecule has 0 aromatic carbocycles. The van der Waals surface area contributed by atoms with Crippen LogP contribution in [0.3, 0.4) is 0 Å². The summed E-state index contributed by atoms with van der Waals surface area (Å²) in [5, 5.41) is 12.3. The van der Waals surface area contributed by atoms with Crippen molar-refractivity contribution in [2.75, 3.05) is 18.0 Å². The lowest BCUT2D eigenvalue weighted by atomic mass is 10.1. The number of hydrogen-bond donors (Lipinski definition) is 2. The zero-order valence-electron chi connectivity index (χ0n) is 17.6. The van der Waals surface area contributed by atoms with Crippen molar-refractivity contribution in [1.29, 1.82) is 0 Å². The van der Waals surface area contributed by atoms with E-state index in [2.05, 4.69) is 24.6 Å². The predicted molar refractivity (Wildman–Crippen MR) is 120 cm³/mol. The molecule has 0 spiro atoms. The van der Waals surface area contributed by atoms with E-state index in [4.69, 9.17) is 0 Å². The first-order valence-corrected chi connectivity index (χ1v) is 10.8. The van der Waals surface area contributed by atoms with E-state index in [0.29, 0.717) is 13.1 Å². The van der Waals surface area contributed by atoms with Gasteiger partial charge in [-0.1, -0.05) is 6.07 Å². The van der Waals surface area contributed by atoms with Crippen molar-refractivity contribution in [2.24, 2.45) is 0 Å². The molecule has 1 amide bonds. The molecule has 172 valence electrons. The van der Waals surface area contributed by atoms with Crippen molar-refractivity contribution in [1.82, 2.24) is 29.2 Å². The number of carboxylic acids is 1. The smallest absolute Gasteiger partial charge is 0.341 e. The molecule has 1 aliphatic heterocycles. The van der Waals surface area contributed by atoms with E-state index in [1.165, 1.54) is 10.9 Å². The maximum absolute atomic E-state index is 14.9. The summed E-state index contributed by atoms with van der Waals surface area (Å²) in [5.41, 5.74) is -0.103. The summed E-state index contributed by atoms with van der Waals surface area (Å²) in [5.74, 6) is -2.57. The van der Waals surface area contributed by atoms with Gasteiger partial charge in [-0.2, -0.15) is 4.37 Å². The molecule has 5 heterocycles. The van der Waals surface area contributed by atoms with Crippen LogP contribution in [0.2, 0.25) is 0 Å². The number of pyridine rings is 3. The summed E-state index contributed by atoms with van der Waals surface area (Å²) in [6, 6.07) is 4.15. The molecule has 0 unspecified atom stereocenters. The summed E-state index contributed by atoms with van der Waals surface area (Å²) in [4.78, 5) is 50.6. The van der Waals surface area contributed by atoms with Crippen LogP contribution in [-0.2, 0) is 0 Å². The van der Waals surface area contributed by atoms with Gasteiger partial charge in [-0.05, 0) is 24.6 Å². The molecule has 13 heteroatoms. The molecule has 2 N–H and O–H groups in total. The maximum Gasteiger partial charge on any atom is 0.341 e. The molecule has 4 aromatic rings. The third kappa shape index (κ3) is 3.75. The Hall–Kier alpha value is -4.26. The molecule has 1 saturated heterocycles. The van der Waals surface area contributed by atoms with Crippen LogP contribution >= 0.6 is 11.5 Å². The molecule has 1 aliphatic rings. The van der Waals surface area contributed by atoms with Crippen LogP contribution in [0.4, 0.5) is 10.2 Å². The minimum Gasteiger partial charge on any atom is -0.477 e. The molecule has 0 atom stereocenters. The van der Waals surface area contributed by atoms with Gasteiger partial charge in [0.2, 0.25) is 10.6 Å². The Balaban J connectivity index is 1.44. The number of aromatic nitrogens is 5. The Bertz CT molecular complexity index is 1480. The largest absolute Gasteiger partial charge is 0.477 e. The number of fused-ring (bicyclic) bond motifs is 1. The second-order valence-corrected chi connectivity index (χ2v) is 8.49. The van der Waals surface area contributed by atoms with Crippen LogP contribution < -0.4 is 15.6 Å². The number of anilines is 1. The molecule has 4 aromatic heterocycles. The van der Waals surface area contributed by atoms with Gasteiger partial charge in [-0.25, -0.2) is 19.2 Å². The normalized spacial score (nSPS) is 13.6. The lowest BCUT2D eigenvalue weighted by Gasteiger charge is -2.40. The fraction of sp³-hybridized carbons (Fsp3) is 0.190. The topological polar surface area (TPSA) is 143 Å². The van der Waals surface area contributed by atoms with Crippen molar-refractivity contribution in [2.45, 2.75) is 13.0 Å². The number of rotatable bonds is 5. The van der Waals surface area contributed by atoms with Gasteiger partial charge in [-0.15, -0.1) is 0 Å². The monoisotopic (exact) mass is 481 g/mol. The lowest BCUT2D eigenvalue weighted by molar-refractivity contribution is 0.0694. The maximum atomic E-state index is 14.9. The molecule has 34 heavy (non-hydrogen) atoms. The lowest BCUT2D eigenvalue weighted by Crippen LogP contribution is -2.60. The Morgan fingerprint density at radius 1 is 1.26 bits per heavy atom. The Morgan fingerprint density at radius 2 is 2.06 bits per heavy atom. The Morgan fingerprint density at radius 3 is 2.71 bits per heavy atom. The summed E-state index contributed by atoms with van der Waals surface area (Å²) in [6.45, 7) is 2.46. The molecular weight excluding hydrogens is 465 g/mol. The Labute approximate surface area is 194 Å². The molecule has 0 saturated carbocycles. The SMILES string of the molecule is Cc1ccc(C(=O)NC2CN(c3nc4c(cc3F)c(=O)c(C(=O)O)cn4-c3ncns3)C2)nc1. The van der Waals surface area contributed by atoms with E-state index in [1.54, 1.807) is 23.2 Å². The Kier molecular flexibility index (Phi) is 5.24. The first-order chi connectivity index (χ1) is 16.3. The van der Waals surface area contributed by atoms with Crippen LogP contribution in [0.1, 0.15) is 26.4 Å². The molecule has 0 radical (unpaired) electrons. The highest BCUT2D eigenvalue weighted by Gasteiger charge is 2.32. The van der Waals surface area contributed by atoms with Crippen molar-refractivity contribution >= 4 is 40.3 Å². The second kappa shape index (κ2) is 8.26. The zero-order chi connectivity index (χ0) is 24.0. The van der Waals surface area contributed by atoms with E-state index in [-0.39, 0.29) is 39.6 Å². The van der Waals surface area contributed by atoms with Crippen molar-refractivity contribution in [3.8, 4) is 5.13 Å². The summed E-state index contributed by atoms with van der Waals surface area (Å²) >= 11 is 0.967. The fourth-order valence-corrected chi connectivity index (χ4v) is 4.12. The highest BCUT2D eigenvalue weighted by atomic mass is 32.1. The second-order valence-electron chi connectivity index (χ2n) is 7.73. The molecule has 5 rings (SSSR count). The van der Waals surface area contributed by atoms with Crippen LogP contribution in [0.5, 0.6) is 0 Å². The van der Waals surface area contributed by atoms with Gasteiger partial charge in [-0.3, -0.25) is 19.1 Å². The number of carbonyl (C=O) groups excluding carboxylic acids is 1. The number of hydrogen-bond acceptors (Lipinski definition) is 9. The van der Waals surface area contributed by atoms with Gasteiger partial charge in [0.05, 0.1) is 11.4 Å². The molecule has 0 aliphatic carbocycles. The predicted octanol–water partition coefficient (Wildman–Crippen LogP) is 1.40. The zero-order valence-corrected chi connectivity index (χ0v) is 18.4. The number of carboxylic acid groups (broad SMARTS) is 1. The van der Waals surface area contributed by atoms with Gasteiger partial charge in [0.1, 0.15) is 17.6 Å². The van der Waals surface area contributed by atoms with Gasteiger partial charge >= 0.3 is 5.97 Å². The minimum absolute atomic E-state index is 0.0211. The van der Waals surface area contributed by atoms with Crippen molar-refractivity contribution in [3.05, 3.63) is 69.8 Å². The first kappa shape index (κ1) is 21.6. The number of halogens is 1. The highest BCUT2D eigenvalue weighted by molar-refractivity contribution is 7.08. The van der Waals surface area contributed by atoms with Gasteiger partial charge in [0.25, 0.3) is 5.91 Å². The number of aromatic carboxylic acids is 1. The van der Waals surface area contributed by atoms with Gasteiger partial charge in [0.15, 0.2) is 17.3 Å². The van der Waals surface area contributed by atoms with Crippen LogP contribution in [0, 0.1) is 12.7 Å². The fourth-order valence-electron chi connectivity index (χ4n) is 3.61. The summed E-state index contributed by atoms with van der Waals surface area (Å²) < 4.78 is 20.2. The van der Waals surface area contributed by atoms with E-state index in [1.807, 2.05) is 6.92 Å². The van der Waals surface area contributed by atoms with Crippen LogP contribution in [0.25, 0.3) is 16.2 Å². The number of aryl methyl sites for hydroxylation is 1. The molecule has 1 fully saturated rings. The average molecular weight is 481 g/mol. The van der Waals surface area contributed by atoms with E-state index in [9.17, 15) is 23.9 Å². The average Bonchev–Trinajstić information content (AvgIpc) is 3.31. The number of nitrogens with zero attached hydrogens (tertiary/aromatic N) is 6. The van der Waals surface area contributed by atoms with Crippen LogP contribution in [0.15, 0.2) is 41.7 Å². The molecular formula is C21H16FN7O4S. The number of amides is 1. The third-order valence-corrected chi connectivity index (χ3v) is 6.02. The van der Waals surface area contributed by atoms with E-state index < -0.39 is 22.8 Å². The van der Waals surface area contributed by atoms with E-state index in [0.717, 1.165) is 29.4 Å². The van der Waals surface area contributed by atoms with E-state index >= 15 is 0 Å². The quantitative estimate of drug-likeness (QED) is 0.432. The highest BCUT2D eigenvalue weighted by Crippen LogP contribution is 2.26. The van der Waals surface area contributed by atoms with Crippen LogP contribution in [-0.4, -0.2) is 60.0 Å². The van der Waals surface area contributed by atoms with Gasteiger partial charge in [0, 0.05) is 37.0 Å². The minimum atomic E-state index is -1.45. The first-order valence-electron chi connectivity index (χ1n) is 10.1. The number of carbonyl (C=O) groups is 2. The number of nitrogens with one attached hydrogen (secondary N) is 1. The molecule has 0 bridgehead atoms. The summed E-state index contributed by atoms with van der Waals surface area (Å²) in [7, 11) is 0. The summed E-state index contributed by atoms with van der Waals surface area (Å²) in [6.07, 6.45) is 3.99.